The highest BCUT2D eigenvalue weighted by Gasteiger charge is 2.18. The van der Waals surface area contributed by atoms with Gasteiger partial charge in [0.1, 0.15) is 11.6 Å². The molecule has 2 aromatic rings. The van der Waals surface area contributed by atoms with Gasteiger partial charge in [-0.05, 0) is 17.7 Å². The Hall–Kier alpha value is -2.21. The van der Waals surface area contributed by atoms with Crippen molar-refractivity contribution < 1.29 is 13.9 Å². The van der Waals surface area contributed by atoms with Crippen LogP contribution in [0.15, 0.2) is 30.6 Å². The highest BCUT2D eigenvalue weighted by Crippen LogP contribution is 2.17. The first-order valence-corrected chi connectivity index (χ1v) is 6.76. The zero-order chi connectivity index (χ0) is 14.8. The molecule has 1 aromatic heterocycles. The van der Waals surface area contributed by atoms with Crippen molar-refractivity contribution in [3.05, 3.63) is 53.4 Å². The summed E-state index contributed by atoms with van der Waals surface area (Å²) in [4.78, 5) is 17.9. The van der Waals surface area contributed by atoms with E-state index in [0.29, 0.717) is 6.54 Å². The summed E-state index contributed by atoms with van der Waals surface area (Å²) in [6.07, 6.45) is 3.77. The molecule has 3 rings (SSSR count). The van der Waals surface area contributed by atoms with Gasteiger partial charge in [0.15, 0.2) is 0 Å². The molecule has 0 spiro atoms. The average molecular weight is 289 g/mol. The van der Waals surface area contributed by atoms with Crippen molar-refractivity contribution in [1.82, 2.24) is 14.5 Å². The molecular formula is C15H16FN3O2. The third kappa shape index (κ3) is 2.80. The van der Waals surface area contributed by atoms with Crippen molar-refractivity contribution >= 4 is 5.97 Å². The normalized spacial score (nSPS) is 14.8. The minimum Gasteiger partial charge on any atom is -0.465 e. The lowest BCUT2D eigenvalue weighted by molar-refractivity contribution is 0.0595. The van der Waals surface area contributed by atoms with Gasteiger partial charge in [0.25, 0.3) is 0 Å². The van der Waals surface area contributed by atoms with E-state index < -0.39 is 11.8 Å². The van der Waals surface area contributed by atoms with Crippen LogP contribution in [0.25, 0.3) is 0 Å². The second-order valence-corrected chi connectivity index (χ2v) is 5.05. The Bertz CT molecular complexity index is 669. The van der Waals surface area contributed by atoms with Crippen LogP contribution >= 0.6 is 0 Å². The second-order valence-electron chi connectivity index (χ2n) is 5.05. The first kappa shape index (κ1) is 13.8. The van der Waals surface area contributed by atoms with Crippen molar-refractivity contribution in [1.29, 1.82) is 0 Å². The minimum atomic E-state index is -0.654. The van der Waals surface area contributed by atoms with Crippen LogP contribution in [0.2, 0.25) is 0 Å². The molecule has 110 valence electrons. The lowest BCUT2D eigenvalue weighted by Gasteiger charge is -2.27. The number of benzene rings is 1. The van der Waals surface area contributed by atoms with Gasteiger partial charge in [0.2, 0.25) is 0 Å². The zero-order valence-electron chi connectivity index (χ0n) is 11.8. The van der Waals surface area contributed by atoms with Crippen LogP contribution in [-0.4, -0.2) is 34.1 Å². The number of hydrogen-bond acceptors (Lipinski definition) is 4. The van der Waals surface area contributed by atoms with Gasteiger partial charge in [-0.25, -0.2) is 14.2 Å². The number of rotatable bonds is 3. The fraction of sp³-hybridized carbons (Fsp3) is 0.333. The van der Waals surface area contributed by atoms with Crippen LogP contribution in [0.3, 0.4) is 0 Å². The topological polar surface area (TPSA) is 47.4 Å². The van der Waals surface area contributed by atoms with Crippen LogP contribution < -0.4 is 0 Å². The lowest BCUT2D eigenvalue weighted by Crippen LogP contribution is -2.33. The first-order valence-electron chi connectivity index (χ1n) is 6.76. The van der Waals surface area contributed by atoms with Crippen molar-refractivity contribution in [3.63, 3.8) is 0 Å². The number of imidazole rings is 1. The zero-order valence-corrected chi connectivity index (χ0v) is 11.8. The Morgan fingerprint density at radius 1 is 1.43 bits per heavy atom. The molecule has 0 N–H and O–H groups in total. The third-order valence-electron chi connectivity index (χ3n) is 3.67. The van der Waals surface area contributed by atoms with E-state index in [1.165, 1.54) is 19.2 Å². The van der Waals surface area contributed by atoms with Gasteiger partial charge >= 0.3 is 5.97 Å². The number of methoxy groups -OCH3 is 1. The molecule has 0 bridgehead atoms. The van der Waals surface area contributed by atoms with Gasteiger partial charge in [0, 0.05) is 32.0 Å². The lowest BCUT2D eigenvalue weighted by atomic mass is 10.1. The van der Waals surface area contributed by atoms with E-state index in [1.54, 1.807) is 12.3 Å². The largest absolute Gasteiger partial charge is 0.465 e. The number of fused-ring (bicyclic) bond motifs is 1. The fourth-order valence-corrected chi connectivity index (χ4v) is 2.55. The molecule has 0 fully saturated rings. The number of nitrogens with zero attached hydrogens (tertiary/aromatic N) is 3. The summed E-state index contributed by atoms with van der Waals surface area (Å²) in [7, 11) is 1.24. The maximum Gasteiger partial charge on any atom is 0.340 e. The summed E-state index contributed by atoms with van der Waals surface area (Å²) in [6, 6.07) is 4.63. The third-order valence-corrected chi connectivity index (χ3v) is 3.67. The predicted octanol–water partition coefficient (Wildman–Crippen LogP) is 1.82. The summed E-state index contributed by atoms with van der Waals surface area (Å²) in [5.41, 5.74) is 0.801. The Balaban J connectivity index is 1.71. The van der Waals surface area contributed by atoms with E-state index >= 15 is 0 Å². The molecule has 0 atom stereocenters. The van der Waals surface area contributed by atoms with E-state index in [1.807, 2.05) is 6.20 Å². The van der Waals surface area contributed by atoms with Crippen molar-refractivity contribution in [3.8, 4) is 0 Å². The number of halogens is 1. The maximum atomic E-state index is 13.9. The van der Waals surface area contributed by atoms with E-state index in [2.05, 4.69) is 19.2 Å². The Labute approximate surface area is 122 Å². The average Bonchev–Trinajstić information content (AvgIpc) is 2.94. The molecule has 0 saturated carbocycles. The number of carbonyl (C=O) groups excluding carboxylic acids is 1. The molecule has 6 heteroatoms. The molecule has 0 radical (unpaired) electrons. The molecular weight excluding hydrogens is 273 g/mol. The highest BCUT2D eigenvalue weighted by atomic mass is 19.1. The SMILES string of the molecule is COC(=O)c1ccc(CN2CCn3ccnc3C2)cc1F. The number of esters is 1. The molecule has 5 nitrogen and oxygen atoms in total. The number of hydrogen-bond donors (Lipinski definition) is 0. The monoisotopic (exact) mass is 289 g/mol. The fourth-order valence-electron chi connectivity index (χ4n) is 2.55. The molecule has 2 heterocycles. The van der Waals surface area contributed by atoms with Crippen LogP contribution in [0, 0.1) is 5.82 Å². The van der Waals surface area contributed by atoms with E-state index in [4.69, 9.17) is 0 Å². The standard InChI is InChI=1S/C15H16FN3O2/c1-21-15(20)12-3-2-11(8-13(12)16)9-18-6-7-19-5-4-17-14(19)10-18/h2-5,8H,6-7,9-10H2,1H3. The van der Waals surface area contributed by atoms with Gasteiger partial charge < -0.3 is 9.30 Å². The van der Waals surface area contributed by atoms with E-state index in [9.17, 15) is 9.18 Å². The molecule has 21 heavy (non-hydrogen) atoms. The summed E-state index contributed by atoms with van der Waals surface area (Å²) in [5, 5.41) is 0. The van der Waals surface area contributed by atoms with Crippen molar-refractivity contribution in [2.75, 3.05) is 13.7 Å². The van der Waals surface area contributed by atoms with Gasteiger partial charge in [-0.15, -0.1) is 0 Å². The minimum absolute atomic E-state index is 0.0320. The van der Waals surface area contributed by atoms with E-state index in [0.717, 1.165) is 31.0 Å². The van der Waals surface area contributed by atoms with Crippen LogP contribution in [0.5, 0.6) is 0 Å². The van der Waals surface area contributed by atoms with Crippen LogP contribution in [-0.2, 0) is 24.4 Å². The number of carbonyl (C=O) groups is 1. The summed E-state index contributed by atoms with van der Waals surface area (Å²) in [6.45, 7) is 3.15. The molecule has 1 aliphatic rings. The molecule has 1 aromatic carbocycles. The molecule has 0 unspecified atom stereocenters. The molecule has 0 aliphatic carbocycles. The molecule has 0 amide bonds. The maximum absolute atomic E-state index is 13.9. The Morgan fingerprint density at radius 2 is 2.29 bits per heavy atom. The van der Waals surface area contributed by atoms with Gasteiger partial charge in [-0.1, -0.05) is 6.07 Å². The van der Waals surface area contributed by atoms with E-state index in [-0.39, 0.29) is 5.56 Å². The highest BCUT2D eigenvalue weighted by molar-refractivity contribution is 5.89. The van der Waals surface area contributed by atoms with Crippen LogP contribution in [0.4, 0.5) is 4.39 Å². The molecule has 1 aliphatic heterocycles. The number of aromatic nitrogens is 2. The Kier molecular flexibility index (Phi) is 3.70. The van der Waals surface area contributed by atoms with Crippen LogP contribution in [0.1, 0.15) is 21.7 Å². The smallest absolute Gasteiger partial charge is 0.340 e. The van der Waals surface area contributed by atoms with Gasteiger partial charge in [-0.2, -0.15) is 0 Å². The quantitative estimate of drug-likeness (QED) is 0.809. The Morgan fingerprint density at radius 3 is 3.05 bits per heavy atom. The van der Waals surface area contributed by atoms with Gasteiger partial charge in [0.05, 0.1) is 19.2 Å². The van der Waals surface area contributed by atoms with Crippen molar-refractivity contribution in [2.45, 2.75) is 19.6 Å². The first-order chi connectivity index (χ1) is 10.2. The second kappa shape index (κ2) is 5.65. The molecule has 0 saturated heterocycles. The summed E-state index contributed by atoms with van der Waals surface area (Å²) in [5.74, 6) is -0.176. The predicted molar refractivity (Wildman–Crippen MR) is 74.1 cm³/mol. The summed E-state index contributed by atoms with van der Waals surface area (Å²) >= 11 is 0. The van der Waals surface area contributed by atoms with Gasteiger partial charge in [-0.3, -0.25) is 4.90 Å². The number of ether oxygens (including phenoxy) is 1. The van der Waals surface area contributed by atoms with Crippen molar-refractivity contribution in [2.24, 2.45) is 0 Å². The summed E-state index contributed by atoms with van der Waals surface area (Å²) < 4.78 is 20.6.